The van der Waals surface area contributed by atoms with Crippen molar-refractivity contribution in [2.24, 2.45) is 0 Å². The molecule has 0 aliphatic carbocycles. The maximum atomic E-state index is 6.00. The largest absolute Gasteiger partial charge is 0.356 e. The van der Waals surface area contributed by atoms with E-state index >= 15 is 0 Å². The lowest BCUT2D eigenvalue weighted by atomic mass is 10.1. The smallest absolute Gasteiger partial charge is 0.205 e. The standard InChI is InChI=1S/C14H21ClN4S3/c1-5-18(8-10-6-7-11(15)21-10)9-19-13(20)22-12(17-19)16-14(2,3)4/h6-7H,5,8-9H2,1-4H3,(H,16,17). The average Bonchev–Trinajstić information content (AvgIpc) is 2.93. The molecule has 4 nitrogen and oxygen atoms in total. The summed E-state index contributed by atoms with van der Waals surface area (Å²) in [6, 6.07) is 4.01. The van der Waals surface area contributed by atoms with E-state index in [0.717, 1.165) is 26.5 Å². The summed E-state index contributed by atoms with van der Waals surface area (Å²) in [5.74, 6) is 0. The molecule has 0 aromatic carbocycles. The second-order valence-electron chi connectivity index (χ2n) is 6.04. The zero-order valence-corrected chi connectivity index (χ0v) is 16.4. The Kier molecular flexibility index (Phi) is 6.01. The number of rotatable bonds is 6. The van der Waals surface area contributed by atoms with E-state index < -0.39 is 0 Å². The molecule has 1 N–H and O–H groups in total. The van der Waals surface area contributed by atoms with Crippen LogP contribution in [0.3, 0.4) is 0 Å². The van der Waals surface area contributed by atoms with Gasteiger partial charge in [-0.2, -0.15) is 0 Å². The minimum Gasteiger partial charge on any atom is -0.356 e. The van der Waals surface area contributed by atoms with E-state index in [2.05, 4.69) is 49.1 Å². The predicted molar refractivity (Wildman–Crippen MR) is 99.7 cm³/mol. The fraction of sp³-hybridized carbons (Fsp3) is 0.571. The normalized spacial score (nSPS) is 12.1. The van der Waals surface area contributed by atoms with Crippen LogP contribution < -0.4 is 5.32 Å². The van der Waals surface area contributed by atoms with Crippen molar-refractivity contribution in [2.45, 2.75) is 46.4 Å². The summed E-state index contributed by atoms with van der Waals surface area (Å²) in [6.07, 6.45) is 0. The van der Waals surface area contributed by atoms with Crippen LogP contribution >= 0.6 is 46.5 Å². The summed E-state index contributed by atoms with van der Waals surface area (Å²) in [4.78, 5) is 3.54. The Balaban J connectivity index is 2.06. The minimum absolute atomic E-state index is 0.0182. The highest BCUT2D eigenvalue weighted by Gasteiger charge is 2.14. The Hall–Kier alpha value is -0.470. The van der Waals surface area contributed by atoms with E-state index in [4.69, 9.17) is 23.8 Å². The van der Waals surface area contributed by atoms with Crippen molar-refractivity contribution in [1.82, 2.24) is 14.7 Å². The number of nitrogens with one attached hydrogen (secondary N) is 1. The van der Waals surface area contributed by atoms with Crippen LogP contribution in [-0.2, 0) is 13.2 Å². The molecule has 8 heteroatoms. The van der Waals surface area contributed by atoms with E-state index in [1.807, 2.05) is 10.7 Å². The lowest BCUT2D eigenvalue weighted by molar-refractivity contribution is 0.210. The highest BCUT2D eigenvalue weighted by atomic mass is 35.5. The first-order valence-electron chi connectivity index (χ1n) is 7.09. The quantitative estimate of drug-likeness (QED) is 0.712. The molecule has 0 unspecified atom stereocenters. The molecule has 0 aliphatic heterocycles. The summed E-state index contributed by atoms with van der Waals surface area (Å²) >= 11 is 14.6. The molecule has 0 saturated carbocycles. The van der Waals surface area contributed by atoms with Crippen molar-refractivity contribution in [1.29, 1.82) is 0 Å². The Morgan fingerprint density at radius 2 is 2.09 bits per heavy atom. The van der Waals surface area contributed by atoms with Gasteiger partial charge in [0.05, 0.1) is 11.0 Å². The van der Waals surface area contributed by atoms with Crippen LogP contribution in [0.1, 0.15) is 32.6 Å². The summed E-state index contributed by atoms with van der Waals surface area (Å²) in [5, 5.41) is 8.83. The van der Waals surface area contributed by atoms with Crippen LogP contribution in [0.25, 0.3) is 0 Å². The van der Waals surface area contributed by atoms with Crippen LogP contribution in [0.5, 0.6) is 0 Å². The number of hydrogen-bond donors (Lipinski definition) is 1. The third-order valence-electron chi connectivity index (χ3n) is 2.88. The lowest BCUT2D eigenvalue weighted by Crippen LogP contribution is -2.28. The van der Waals surface area contributed by atoms with Gasteiger partial charge in [-0.3, -0.25) is 4.90 Å². The Morgan fingerprint density at radius 1 is 1.36 bits per heavy atom. The van der Waals surface area contributed by atoms with Crippen molar-refractivity contribution >= 4 is 51.6 Å². The number of aromatic nitrogens is 2. The van der Waals surface area contributed by atoms with Gasteiger partial charge in [-0.25, -0.2) is 4.68 Å². The molecule has 0 aliphatic rings. The van der Waals surface area contributed by atoms with Crippen molar-refractivity contribution in [2.75, 3.05) is 11.9 Å². The summed E-state index contributed by atoms with van der Waals surface area (Å²) in [7, 11) is 0. The highest BCUT2D eigenvalue weighted by molar-refractivity contribution is 7.73. The van der Waals surface area contributed by atoms with E-state index in [1.165, 1.54) is 16.2 Å². The molecule has 0 amide bonds. The molecule has 122 valence electrons. The van der Waals surface area contributed by atoms with Crippen LogP contribution in [0.15, 0.2) is 12.1 Å². The molecule has 2 aromatic rings. The van der Waals surface area contributed by atoms with Crippen molar-refractivity contribution in [3.63, 3.8) is 0 Å². The zero-order chi connectivity index (χ0) is 16.3. The van der Waals surface area contributed by atoms with Gasteiger partial charge in [0.25, 0.3) is 0 Å². The van der Waals surface area contributed by atoms with Crippen molar-refractivity contribution in [3.05, 3.63) is 25.3 Å². The molecule has 0 fully saturated rings. The van der Waals surface area contributed by atoms with Gasteiger partial charge in [-0.15, -0.1) is 16.4 Å². The molecule has 2 rings (SSSR count). The van der Waals surface area contributed by atoms with Crippen LogP contribution in [0, 0.1) is 3.95 Å². The Labute approximate surface area is 149 Å². The van der Waals surface area contributed by atoms with Gasteiger partial charge in [0, 0.05) is 17.0 Å². The first-order chi connectivity index (χ1) is 10.3. The topological polar surface area (TPSA) is 33.1 Å². The number of thiophene rings is 1. The van der Waals surface area contributed by atoms with Crippen LogP contribution in [0.2, 0.25) is 4.34 Å². The van der Waals surface area contributed by atoms with Gasteiger partial charge in [0.15, 0.2) is 3.95 Å². The maximum absolute atomic E-state index is 6.00. The maximum Gasteiger partial charge on any atom is 0.205 e. The van der Waals surface area contributed by atoms with E-state index in [1.54, 1.807) is 11.3 Å². The molecular formula is C14H21ClN4S3. The molecule has 0 radical (unpaired) electrons. The molecule has 0 atom stereocenters. The first kappa shape index (κ1) is 17.9. The molecule has 0 spiro atoms. The van der Waals surface area contributed by atoms with Gasteiger partial charge in [-0.1, -0.05) is 29.9 Å². The molecule has 0 bridgehead atoms. The minimum atomic E-state index is -0.0182. The second-order valence-corrected chi connectivity index (χ2v) is 9.46. The van der Waals surface area contributed by atoms with Crippen molar-refractivity contribution in [3.8, 4) is 0 Å². The van der Waals surface area contributed by atoms with Gasteiger partial charge in [0.1, 0.15) is 0 Å². The summed E-state index contributed by atoms with van der Waals surface area (Å²) < 4.78 is 3.50. The summed E-state index contributed by atoms with van der Waals surface area (Å²) in [5.41, 5.74) is -0.0182. The summed E-state index contributed by atoms with van der Waals surface area (Å²) in [6.45, 7) is 10.9. The molecule has 0 saturated heterocycles. The SMILES string of the molecule is CCN(Cc1ccc(Cl)s1)Cn1nc(NC(C)(C)C)sc1=S. The Bertz CT molecular complexity index is 668. The number of hydrogen-bond acceptors (Lipinski definition) is 6. The molecule has 2 aromatic heterocycles. The molecule has 22 heavy (non-hydrogen) atoms. The first-order valence-corrected chi connectivity index (χ1v) is 9.51. The van der Waals surface area contributed by atoms with Crippen molar-refractivity contribution < 1.29 is 0 Å². The third-order valence-corrected chi connectivity index (χ3v) is 5.32. The van der Waals surface area contributed by atoms with Crippen LogP contribution in [-0.4, -0.2) is 26.8 Å². The van der Waals surface area contributed by atoms with E-state index in [-0.39, 0.29) is 5.54 Å². The second kappa shape index (κ2) is 7.40. The van der Waals surface area contributed by atoms with Crippen LogP contribution in [0.4, 0.5) is 5.13 Å². The Morgan fingerprint density at radius 3 is 2.64 bits per heavy atom. The number of anilines is 1. The highest BCUT2D eigenvalue weighted by Crippen LogP contribution is 2.23. The monoisotopic (exact) mass is 376 g/mol. The van der Waals surface area contributed by atoms with E-state index in [0.29, 0.717) is 6.67 Å². The zero-order valence-electron chi connectivity index (χ0n) is 13.2. The fourth-order valence-electron chi connectivity index (χ4n) is 1.88. The molecular weight excluding hydrogens is 356 g/mol. The van der Waals surface area contributed by atoms with Gasteiger partial charge in [-0.05, 0) is 51.7 Å². The predicted octanol–water partition coefficient (Wildman–Crippen LogP) is 5.08. The third kappa shape index (κ3) is 5.31. The fourth-order valence-corrected chi connectivity index (χ4v) is 4.21. The lowest BCUT2D eigenvalue weighted by Gasteiger charge is -2.20. The van der Waals surface area contributed by atoms with Gasteiger partial charge < -0.3 is 5.32 Å². The number of nitrogens with zero attached hydrogens (tertiary/aromatic N) is 3. The van der Waals surface area contributed by atoms with E-state index in [9.17, 15) is 0 Å². The number of halogens is 1. The average molecular weight is 377 g/mol. The van der Waals surface area contributed by atoms with Gasteiger partial charge in [0.2, 0.25) is 5.13 Å². The van der Waals surface area contributed by atoms with Gasteiger partial charge >= 0.3 is 0 Å². The molecule has 2 heterocycles.